The number of hydrogen-bond donors (Lipinski definition) is 1. The number of halogens is 5. The standard InChI is InChI=1S/C35H57F5O3S/c1-32-19-16-27(41)24-26(32)23-25(31-28-14-15-30(42)33(28,2)20-17-29(31)32)13-10-8-6-4-3-5-7-9-11-21-44(43)22-12-18-34(36,37)35(38,39)40/h25-26,28-31,42H,3-24H2,1-2H3/t25?,26?,28-,29+,30?,31-,32-,33-,44?/m0/s1. The largest absolute Gasteiger partial charge is 0.616 e. The predicted octanol–water partition coefficient (Wildman–Crippen LogP) is 9.81. The maximum Gasteiger partial charge on any atom is 0.453 e. The molecule has 4 aliphatic carbocycles. The summed E-state index contributed by atoms with van der Waals surface area (Å²) in [7, 11) is 0. The van der Waals surface area contributed by atoms with Crippen molar-refractivity contribution in [1.82, 2.24) is 0 Å². The van der Waals surface area contributed by atoms with E-state index in [0.29, 0.717) is 47.5 Å². The average molecular weight is 653 g/mol. The average Bonchev–Trinajstić information content (AvgIpc) is 3.25. The molecular weight excluding hydrogens is 595 g/mol. The molecule has 44 heavy (non-hydrogen) atoms. The third kappa shape index (κ3) is 8.35. The van der Waals surface area contributed by atoms with E-state index in [1.807, 2.05) is 0 Å². The van der Waals surface area contributed by atoms with Crippen LogP contribution >= 0.6 is 0 Å². The highest BCUT2D eigenvalue weighted by Gasteiger charge is 2.62. The Balaban J connectivity index is 1.10. The van der Waals surface area contributed by atoms with E-state index in [2.05, 4.69) is 13.8 Å². The first-order valence-electron chi connectivity index (χ1n) is 17.7. The van der Waals surface area contributed by atoms with Crippen molar-refractivity contribution in [1.29, 1.82) is 0 Å². The quantitative estimate of drug-likeness (QED) is 0.103. The Bertz CT molecular complexity index is 931. The monoisotopic (exact) mass is 652 g/mol. The molecular formula is C35H57F5O3S. The van der Waals surface area contributed by atoms with Gasteiger partial charge in [-0.25, -0.2) is 0 Å². The molecule has 3 nitrogen and oxygen atoms in total. The third-order valence-corrected chi connectivity index (χ3v) is 14.3. The number of carbonyl (C=O) groups is 1. The zero-order valence-electron chi connectivity index (χ0n) is 27.1. The maximum absolute atomic E-state index is 13.0. The van der Waals surface area contributed by atoms with Gasteiger partial charge in [0.15, 0.2) is 0 Å². The minimum Gasteiger partial charge on any atom is -0.616 e. The number of hydrogen-bond acceptors (Lipinski definition) is 3. The normalized spacial score (nSPS) is 36.5. The lowest BCUT2D eigenvalue weighted by Crippen LogP contribution is -2.57. The van der Waals surface area contributed by atoms with Crippen LogP contribution in [0.25, 0.3) is 0 Å². The fourth-order valence-electron chi connectivity index (χ4n) is 10.1. The molecule has 9 heteroatoms. The van der Waals surface area contributed by atoms with E-state index in [0.717, 1.165) is 64.2 Å². The van der Waals surface area contributed by atoms with E-state index in [-0.39, 0.29) is 29.1 Å². The number of aliphatic hydroxyl groups excluding tert-OH is 1. The van der Waals surface area contributed by atoms with Gasteiger partial charge in [-0.1, -0.05) is 76.4 Å². The molecule has 0 saturated heterocycles. The molecule has 0 radical (unpaired) electrons. The third-order valence-electron chi connectivity index (χ3n) is 12.8. The van der Waals surface area contributed by atoms with Crippen molar-refractivity contribution >= 4 is 17.0 Å². The summed E-state index contributed by atoms with van der Waals surface area (Å²) in [5, 5.41) is 10.9. The second-order valence-electron chi connectivity index (χ2n) is 15.5. The van der Waals surface area contributed by atoms with Gasteiger partial charge in [0.2, 0.25) is 0 Å². The van der Waals surface area contributed by atoms with Crippen molar-refractivity contribution in [2.45, 2.75) is 160 Å². The highest BCUT2D eigenvalue weighted by Crippen LogP contribution is 2.67. The van der Waals surface area contributed by atoms with Crippen LogP contribution in [0, 0.1) is 40.4 Å². The molecule has 0 heterocycles. The van der Waals surface area contributed by atoms with Gasteiger partial charge in [0.05, 0.1) is 6.10 Å². The molecule has 0 spiro atoms. The summed E-state index contributed by atoms with van der Waals surface area (Å²) in [5.74, 6) is -0.772. The number of ketones is 1. The Morgan fingerprint density at radius 1 is 0.818 bits per heavy atom. The topological polar surface area (TPSA) is 60.4 Å². The Labute approximate surface area is 265 Å². The van der Waals surface area contributed by atoms with Crippen molar-refractivity contribution in [2.75, 3.05) is 11.5 Å². The molecule has 4 fully saturated rings. The smallest absolute Gasteiger partial charge is 0.453 e. The van der Waals surface area contributed by atoms with Crippen LogP contribution in [0.2, 0.25) is 0 Å². The molecule has 4 unspecified atom stereocenters. The van der Waals surface area contributed by atoms with Crippen LogP contribution in [-0.4, -0.2) is 45.2 Å². The number of Topliss-reactive ketones (excluding diaryl/α,β-unsaturated/α-hetero) is 1. The molecule has 0 amide bonds. The molecule has 0 aromatic heterocycles. The summed E-state index contributed by atoms with van der Waals surface area (Å²) < 4.78 is 74.5. The number of aliphatic hydroxyl groups is 1. The fourth-order valence-corrected chi connectivity index (χ4v) is 11.3. The van der Waals surface area contributed by atoms with Crippen LogP contribution in [0.15, 0.2) is 0 Å². The van der Waals surface area contributed by atoms with E-state index < -0.39 is 29.7 Å². The first-order chi connectivity index (χ1) is 20.7. The number of alkyl halides is 5. The van der Waals surface area contributed by atoms with Crippen molar-refractivity contribution in [3.63, 3.8) is 0 Å². The Hall–Kier alpha value is -0.410. The van der Waals surface area contributed by atoms with Crippen molar-refractivity contribution in [2.24, 2.45) is 40.4 Å². The molecule has 4 aliphatic rings. The number of rotatable bonds is 16. The molecule has 1 N–H and O–H groups in total. The predicted molar refractivity (Wildman–Crippen MR) is 166 cm³/mol. The number of unbranched alkanes of at least 4 members (excludes halogenated alkanes) is 8. The van der Waals surface area contributed by atoms with Gasteiger partial charge in [-0.3, -0.25) is 4.79 Å². The minimum absolute atomic E-state index is 0.0660. The van der Waals surface area contributed by atoms with Crippen LogP contribution in [0.5, 0.6) is 0 Å². The molecule has 9 atom stereocenters. The van der Waals surface area contributed by atoms with Crippen LogP contribution in [0.4, 0.5) is 22.0 Å². The van der Waals surface area contributed by atoms with Gasteiger partial charge >= 0.3 is 12.1 Å². The molecule has 0 bridgehead atoms. The minimum atomic E-state index is -5.54. The molecule has 4 rings (SSSR count). The van der Waals surface area contributed by atoms with Gasteiger partial charge < -0.3 is 9.66 Å². The lowest BCUT2D eigenvalue weighted by molar-refractivity contribution is -0.284. The zero-order valence-corrected chi connectivity index (χ0v) is 27.9. The summed E-state index contributed by atoms with van der Waals surface area (Å²) in [6.07, 6.45) is 11.9. The molecule has 4 saturated carbocycles. The Morgan fingerprint density at radius 2 is 1.41 bits per heavy atom. The number of carbonyl (C=O) groups excluding carboxylic acids is 1. The van der Waals surface area contributed by atoms with E-state index in [1.54, 1.807) is 0 Å². The lowest BCUT2D eigenvalue weighted by atomic mass is 9.42. The molecule has 0 aromatic carbocycles. The van der Waals surface area contributed by atoms with Gasteiger partial charge in [-0.05, 0) is 98.2 Å². The fraction of sp³-hybridized carbons (Fsp3) is 0.971. The van der Waals surface area contributed by atoms with E-state index in [9.17, 15) is 36.4 Å². The summed E-state index contributed by atoms with van der Waals surface area (Å²) in [4.78, 5) is 12.5. The van der Waals surface area contributed by atoms with Gasteiger partial charge in [-0.2, -0.15) is 22.0 Å². The summed E-state index contributed by atoms with van der Waals surface area (Å²) in [5.41, 5.74) is 0.351. The van der Waals surface area contributed by atoms with E-state index in [4.69, 9.17) is 0 Å². The number of fused-ring (bicyclic) bond motifs is 5. The van der Waals surface area contributed by atoms with Gasteiger partial charge in [-0.15, -0.1) is 0 Å². The summed E-state index contributed by atoms with van der Waals surface area (Å²) in [6.45, 7) is 4.85. The second kappa shape index (κ2) is 15.2. The molecule has 0 aromatic rings. The Morgan fingerprint density at radius 3 is 2.07 bits per heavy atom. The SMILES string of the molecule is C[C@]12CCC(=O)CC1CC(CCCCCCCCCCC[S+]([O-])CCCC(F)(F)C(F)(F)F)[C@@H]1[C@H]2CC[C@]2(C)C(O)CC[C@@H]12. The van der Waals surface area contributed by atoms with Crippen molar-refractivity contribution in [3.8, 4) is 0 Å². The van der Waals surface area contributed by atoms with E-state index >= 15 is 0 Å². The van der Waals surface area contributed by atoms with Gasteiger partial charge in [0, 0.05) is 19.3 Å². The zero-order chi connectivity index (χ0) is 32.2. The summed E-state index contributed by atoms with van der Waals surface area (Å²) >= 11 is -1.34. The highest BCUT2D eigenvalue weighted by molar-refractivity contribution is 7.91. The highest BCUT2D eigenvalue weighted by atomic mass is 32.2. The van der Waals surface area contributed by atoms with Crippen LogP contribution in [-0.2, 0) is 16.0 Å². The molecule has 256 valence electrons. The summed E-state index contributed by atoms with van der Waals surface area (Å²) in [6, 6.07) is 0. The maximum atomic E-state index is 13.0. The lowest BCUT2D eigenvalue weighted by Gasteiger charge is -2.62. The Kier molecular flexibility index (Phi) is 12.6. The van der Waals surface area contributed by atoms with Crippen molar-refractivity contribution in [3.05, 3.63) is 0 Å². The molecule has 0 aliphatic heterocycles. The first-order valence-corrected chi connectivity index (χ1v) is 19.2. The van der Waals surface area contributed by atoms with E-state index in [1.165, 1.54) is 44.9 Å². The second-order valence-corrected chi connectivity index (χ2v) is 17.2. The first kappa shape index (κ1) is 36.4. The van der Waals surface area contributed by atoms with Crippen LogP contribution in [0.3, 0.4) is 0 Å². The van der Waals surface area contributed by atoms with Gasteiger partial charge in [0.25, 0.3) is 0 Å². The van der Waals surface area contributed by atoms with Crippen LogP contribution in [0.1, 0.15) is 142 Å². The van der Waals surface area contributed by atoms with Gasteiger partial charge in [0.1, 0.15) is 17.3 Å². The van der Waals surface area contributed by atoms with Crippen molar-refractivity contribution < 1.29 is 36.4 Å². The van der Waals surface area contributed by atoms with Crippen LogP contribution < -0.4 is 0 Å².